The van der Waals surface area contributed by atoms with Crippen molar-refractivity contribution in [3.8, 4) is 20.9 Å². The van der Waals surface area contributed by atoms with Crippen molar-refractivity contribution in [1.82, 2.24) is 56.8 Å². The number of hydrogen-bond acceptors (Lipinski definition) is 20. The second kappa shape index (κ2) is 52.5. The molecule has 0 bridgehead atoms. The number of nitrogens with one attached hydrogen (secondary N) is 6. The van der Waals surface area contributed by atoms with Crippen LogP contribution in [0.2, 0.25) is 0 Å². The molecule has 2 aliphatic rings. The van der Waals surface area contributed by atoms with Crippen LogP contribution in [0.3, 0.4) is 0 Å². The lowest BCUT2D eigenvalue weighted by atomic mass is 9.91. The standard InChI is InChI=1S/C56H71F3IN7O7S.C39H58N6O5S/c1-35(2)50(48-29-36(3)65-74-48)56(72)67-33-41(68)31-47(67)55(71)64-46(38-19-21-39(22-20-38)53-37(4)62-34-75-53)32-49(69)61-27-17-15-13-11-9-7-5-6-8-10-12-14-16-18-28-73-66-54(70)42-24-25-43(57)51(59)52(42)63-45-26-23-40(60)30-44(45)58;1-26(2)36(34-21-27(3)44-50-34)39(49)45-24-31(46)22-33(45)38(48)43-32(29-15-17-30(18-16-29)37-28(4)42-25-51-37)23-35(47)41-20-14-12-10-8-6-5-7-9-11-13-19-40/h19-26,29-30,34-35,41,46-47,50,63,68H,5-18,27-28,31-33H2,1-4H3,(H,61,69)(H,64,71)(H,66,70);15-18,21,25-26,31-33,36,46H,5-14,19-20,22-24,40H2,1-4H3,(H,41,47)(H,43,48)/t41-,46+,47+,50-;31-,32+,33+,36-/m11/s1. The van der Waals surface area contributed by atoms with Gasteiger partial charge >= 0.3 is 0 Å². The van der Waals surface area contributed by atoms with Crippen LogP contribution in [0.5, 0.6) is 0 Å². The molecule has 2 fully saturated rings. The number of likely N-dealkylation sites (tertiary alicyclic amines) is 2. The Labute approximate surface area is 761 Å². The highest BCUT2D eigenvalue weighted by Crippen LogP contribution is 2.37. The van der Waals surface area contributed by atoms with Crippen molar-refractivity contribution >= 4 is 98.0 Å². The van der Waals surface area contributed by atoms with Crippen LogP contribution in [0.15, 0.2) is 111 Å². The molecular formula is C95H129F3IN13O12S2. The average molecular weight is 1890 g/mol. The second-order valence-electron chi connectivity index (χ2n) is 34.1. The van der Waals surface area contributed by atoms with Crippen LogP contribution in [0.1, 0.15) is 287 Å². The van der Waals surface area contributed by atoms with Crippen LogP contribution in [0.4, 0.5) is 24.5 Å². The predicted molar refractivity (Wildman–Crippen MR) is 494 cm³/mol. The Hall–Kier alpha value is -8.99. The zero-order valence-electron chi connectivity index (χ0n) is 74.2. The van der Waals surface area contributed by atoms with E-state index in [0.717, 1.165) is 146 Å². The number of anilines is 2. The van der Waals surface area contributed by atoms with Gasteiger partial charge in [0.05, 0.1) is 104 Å². The van der Waals surface area contributed by atoms with Gasteiger partial charge in [-0.1, -0.05) is 215 Å². The summed E-state index contributed by atoms with van der Waals surface area (Å²) in [6, 6.07) is 22.1. The molecule has 0 radical (unpaired) electrons. The van der Waals surface area contributed by atoms with Gasteiger partial charge < -0.3 is 61.4 Å². The summed E-state index contributed by atoms with van der Waals surface area (Å²) >= 11 is 5.04. The minimum Gasteiger partial charge on any atom is -0.391 e. The molecule has 25 nitrogen and oxygen atoms in total. The fraction of sp³-hybridized carbons (Fsp3) is 0.547. The molecule has 126 heavy (non-hydrogen) atoms. The topological polar surface area (TPSA) is 352 Å². The molecule has 8 atom stereocenters. The molecule has 0 saturated carbocycles. The van der Waals surface area contributed by atoms with E-state index in [-0.39, 0.29) is 92.1 Å². The summed E-state index contributed by atoms with van der Waals surface area (Å²) in [4.78, 5) is 115. The SMILES string of the molecule is Cc1cc([C@H](C(=O)N2C[C@H](O)C[C@H]2C(=O)N[C@@H](CC(=O)NCCCCCCCCCCCCCCCCONC(=O)c2ccc(F)c(F)c2Nc2ccc(I)cc2F)c2ccc(-c3scnc3C)cc2)C(C)C)on1.Cc1cc([C@H](C(=O)N2C[C@H](O)C[C@H]2C(=O)N[C@@H](CC(=O)NCCCCCCCCCCCCN)c2ccc(-c3scnc3C)cc2)C(C)C)on1. The maximum Gasteiger partial charge on any atom is 0.277 e. The number of nitrogens with two attached hydrogens (primary N) is 1. The molecule has 10 rings (SSSR count). The van der Waals surface area contributed by atoms with Gasteiger partial charge in [-0.2, -0.15) is 0 Å². The number of aliphatic hydroxyl groups is 2. The largest absolute Gasteiger partial charge is 0.391 e. The summed E-state index contributed by atoms with van der Waals surface area (Å²) in [6.45, 7) is 17.3. The van der Waals surface area contributed by atoms with Gasteiger partial charge in [0.2, 0.25) is 35.4 Å². The molecule has 8 aromatic rings. The van der Waals surface area contributed by atoms with Crippen molar-refractivity contribution < 1.29 is 70.8 Å². The third kappa shape index (κ3) is 31.2. The molecule has 0 spiro atoms. The van der Waals surface area contributed by atoms with Gasteiger partial charge in [0.25, 0.3) is 5.91 Å². The number of rotatable bonds is 51. The van der Waals surface area contributed by atoms with E-state index in [4.69, 9.17) is 19.6 Å². The van der Waals surface area contributed by atoms with E-state index in [1.54, 1.807) is 60.2 Å². The normalized spacial score (nSPS) is 16.0. The van der Waals surface area contributed by atoms with Crippen molar-refractivity contribution in [2.75, 3.05) is 44.6 Å². The summed E-state index contributed by atoms with van der Waals surface area (Å²) in [7, 11) is 0. The van der Waals surface area contributed by atoms with Gasteiger partial charge in [-0.3, -0.25) is 38.4 Å². The first-order chi connectivity index (χ1) is 60.7. The molecule has 6 heterocycles. The Morgan fingerprint density at radius 2 is 0.937 bits per heavy atom. The highest BCUT2D eigenvalue weighted by molar-refractivity contribution is 14.1. The molecule has 10 N–H and O–H groups in total. The third-order valence-corrected chi connectivity index (χ3v) is 25.8. The highest BCUT2D eigenvalue weighted by Gasteiger charge is 2.46. The Morgan fingerprint density at radius 3 is 1.31 bits per heavy atom. The third-order valence-electron chi connectivity index (χ3n) is 23.2. The number of β-amino-alcohol motifs (C(OH)–C–C–N with tert-alkyl or cyclic N) is 2. The highest BCUT2D eigenvalue weighted by atomic mass is 127. The van der Waals surface area contributed by atoms with E-state index in [9.17, 15) is 56.9 Å². The van der Waals surface area contributed by atoms with Gasteiger partial charge in [0.1, 0.15) is 41.3 Å². The molecule has 4 aromatic heterocycles. The number of carbonyl (C=O) groups excluding carboxylic acids is 7. The van der Waals surface area contributed by atoms with Gasteiger partial charge in [0.15, 0.2) is 11.6 Å². The Morgan fingerprint density at radius 1 is 0.532 bits per heavy atom. The molecule has 0 unspecified atom stereocenters. The van der Waals surface area contributed by atoms with E-state index >= 15 is 0 Å². The second-order valence-corrected chi connectivity index (χ2v) is 37.0. The summed E-state index contributed by atoms with van der Waals surface area (Å²) < 4.78 is 54.7. The Bertz CT molecular complexity index is 4740. The lowest BCUT2D eigenvalue weighted by Crippen LogP contribution is -2.49. The zero-order valence-corrected chi connectivity index (χ0v) is 78.0. The van der Waals surface area contributed by atoms with Crippen molar-refractivity contribution in [2.24, 2.45) is 17.6 Å². The van der Waals surface area contributed by atoms with Gasteiger partial charge in [0, 0.05) is 54.7 Å². The predicted octanol–water partition coefficient (Wildman–Crippen LogP) is 18.4. The number of aromatic nitrogens is 4. The van der Waals surface area contributed by atoms with E-state index < -0.39 is 89.1 Å². The number of aryl methyl sites for hydroxylation is 4. The fourth-order valence-electron chi connectivity index (χ4n) is 16.3. The number of unbranched alkanes of at least 4 members (excludes halogenated alkanes) is 22. The summed E-state index contributed by atoms with van der Waals surface area (Å²) in [5.41, 5.74) is 17.4. The van der Waals surface area contributed by atoms with Crippen LogP contribution in [-0.2, 0) is 33.6 Å². The number of hydroxylamine groups is 1. The minimum atomic E-state index is -1.30. The summed E-state index contributed by atoms with van der Waals surface area (Å²) in [5.74, 6) is -6.47. The number of aliphatic hydroxyl groups excluding tert-OH is 2. The molecule has 686 valence electrons. The van der Waals surface area contributed by atoms with E-state index in [0.29, 0.717) is 39.6 Å². The quantitative estimate of drug-likeness (QED) is 0.00971. The average Bonchev–Trinajstić information content (AvgIpc) is 1.62. The summed E-state index contributed by atoms with van der Waals surface area (Å²) in [5, 5.41) is 44.1. The first kappa shape index (κ1) is 101. The van der Waals surface area contributed by atoms with E-state index in [1.807, 2.05) is 118 Å². The van der Waals surface area contributed by atoms with Crippen LogP contribution < -0.4 is 37.8 Å². The maximum absolute atomic E-state index is 14.7. The number of carbonyl (C=O) groups is 7. The minimum absolute atomic E-state index is 0.00287. The zero-order chi connectivity index (χ0) is 90.6. The number of halogens is 4. The van der Waals surface area contributed by atoms with E-state index in [1.165, 1.54) is 92.6 Å². The van der Waals surface area contributed by atoms with Crippen molar-refractivity contribution in [3.63, 3.8) is 0 Å². The first-order valence-electron chi connectivity index (χ1n) is 45.0. The molecule has 0 aliphatic carbocycles. The number of nitrogens with zero attached hydrogens (tertiary/aromatic N) is 6. The smallest absolute Gasteiger partial charge is 0.277 e. The van der Waals surface area contributed by atoms with Crippen LogP contribution in [0, 0.1) is 60.6 Å². The van der Waals surface area contributed by atoms with Gasteiger partial charge in [-0.05, 0) is 147 Å². The molecule has 2 aliphatic heterocycles. The molecule has 2 saturated heterocycles. The number of thiazole rings is 2. The number of amides is 7. The first-order valence-corrected chi connectivity index (χ1v) is 47.8. The van der Waals surface area contributed by atoms with Gasteiger partial charge in [-0.25, -0.2) is 28.6 Å². The lowest BCUT2D eigenvalue weighted by Gasteiger charge is -2.30. The van der Waals surface area contributed by atoms with Crippen LogP contribution >= 0.6 is 45.3 Å². The molecule has 7 amide bonds. The van der Waals surface area contributed by atoms with Gasteiger partial charge in [-0.15, -0.1) is 22.7 Å². The fourth-order valence-corrected chi connectivity index (χ4v) is 18.3. The molecule has 31 heteroatoms. The van der Waals surface area contributed by atoms with Crippen molar-refractivity contribution in [2.45, 2.75) is 283 Å². The molecule has 4 aromatic carbocycles. The van der Waals surface area contributed by atoms with Crippen LogP contribution in [-0.4, -0.2) is 145 Å². The Kier molecular flexibility index (Phi) is 42.0. The number of hydrogen-bond donors (Lipinski definition) is 9. The lowest BCUT2D eigenvalue weighted by molar-refractivity contribution is -0.141. The van der Waals surface area contributed by atoms with Crippen LogP contribution in [0.25, 0.3) is 20.9 Å². The number of benzene rings is 4. The Balaban J connectivity index is 0.000000307. The summed E-state index contributed by atoms with van der Waals surface area (Å²) in [6.07, 6.45) is 25.2. The van der Waals surface area contributed by atoms with E-state index in [2.05, 4.69) is 52.3 Å². The maximum atomic E-state index is 14.7. The molecular weight excluding hydrogens is 1760 g/mol. The van der Waals surface area contributed by atoms with Crippen molar-refractivity contribution in [1.29, 1.82) is 0 Å². The monoisotopic (exact) mass is 1890 g/mol. The van der Waals surface area contributed by atoms with Crippen molar-refractivity contribution in [3.05, 3.63) is 174 Å².